The predicted octanol–water partition coefficient (Wildman–Crippen LogP) is 3.88. The van der Waals surface area contributed by atoms with E-state index in [9.17, 15) is 9.18 Å². The van der Waals surface area contributed by atoms with Crippen LogP contribution in [-0.4, -0.2) is 43.2 Å². The molecule has 1 aromatic carbocycles. The van der Waals surface area contributed by atoms with Crippen molar-refractivity contribution in [1.82, 2.24) is 24.5 Å². The van der Waals surface area contributed by atoms with Gasteiger partial charge < -0.3 is 19.6 Å². The van der Waals surface area contributed by atoms with Gasteiger partial charge in [0, 0.05) is 18.1 Å². The molecule has 5 rings (SSSR count). The summed E-state index contributed by atoms with van der Waals surface area (Å²) in [5.74, 6) is 0.799. The maximum atomic E-state index is 13.2. The van der Waals surface area contributed by atoms with Crippen LogP contribution < -0.4 is 10.2 Å². The number of halogens is 1. The van der Waals surface area contributed by atoms with Crippen LogP contribution in [0.1, 0.15) is 19.5 Å². The minimum absolute atomic E-state index is 0.102. The Bertz CT molecular complexity index is 1270. The molecule has 1 saturated heterocycles. The van der Waals surface area contributed by atoms with Gasteiger partial charge in [0.05, 0.1) is 30.0 Å². The zero-order valence-corrected chi connectivity index (χ0v) is 17.6. The predicted molar refractivity (Wildman–Crippen MR) is 117 cm³/mol. The summed E-state index contributed by atoms with van der Waals surface area (Å²) in [4.78, 5) is 30.7. The van der Waals surface area contributed by atoms with Gasteiger partial charge in [0.15, 0.2) is 5.82 Å². The second-order valence-electron chi connectivity index (χ2n) is 7.97. The van der Waals surface area contributed by atoms with Crippen LogP contribution in [0.15, 0.2) is 49.1 Å². The fourth-order valence-corrected chi connectivity index (χ4v) is 3.74. The number of rotatable bonds is 6. The maximum Gasteiger partial charge on any atom is 0.415 e. The Balaban J connectivity index is 1.40. The summed E-state index contributed by atoms with van der Waals surface area (Å²) in [6.07, 6.45) is 4.87. The number of hydrogen-bond acceptors (Lipinski definition) is 6. The first kappa shape index (κ1) is 20.0. The second-order valence-corrected chi connectivity index (χ2v) is 7.97. The van der Waals surface area contributed by atoms with Crippen LogP contribution in [0.2, 0.25) is 0 Å². The van der Waals surface area contributed by atoms with E-state index >= 15 is 0 Å². The number of amides is 1. The lowest BCUT2D eigenvalue weighted by molar-refractivity contribution is 0.177. The highest BCUT2D eigenvalue weighted by molar-refractivity contribution is 5.99. The van der Waals surface area contributed by atoms with Gasteiger partial charge in [-0.1, -0.05) is 13.8 Å². The molecule has 10 heteroatoms. The fourth-order valence-electron chi connectivity index (χ4n) is 3.74. The summed E-state index contributed by atoms with van der Waals surface area (Å²) in [6.45, 7) is 4.80. The number of fused-ring (bicyclic) bond motifs is 1. The van der Waals surface area contributed by atoms with E-state index in [1.54, 1.807) is 29.6 Å². The number of benzene rings is 1. The van der Waals surface area contributed by atoms with Crippen LogP contribution in [0, 0.1) is 11.7 Å². The molecule has 1 atom stereocenters. The number of aromatic amines is 1. The Morgan fingerprint density at radius 2 is 2.06 bits per heavy atom. The van der Waals surface area contributed by atoms with Crippen molar-refractivity contribution in [2.75, 3.05) is 16.8 Å². The second kappa shape index (κ2) is 7.95. The molecule has 0 saturated carbocycles. The highest BCUT2D eigenvalue weighted by Crippen LogP contribution is 2.31. The normalized spacial score (nSPS) is 16.2. The van der Waals surface area contributed by atoms with Gasteiger partial charge in [-0.25, -0.2) is 14.2 Å². The highest BCUT2D eigenvalue weighted by Gasteiger charge is 2.38. The number of nitrogens with one attached hydrogen (secondary N) is 2. The summed E-state index contributed by atoms with van der Waals surface area (Å²) in [7, 11) is 0. The molecule has 2 N–H and O–H groups in total. The zero-order chi connectivity index (χ0) is 22.2. The van der Waals surface area contributed by atoms with E-state index in [1.807, 2.05) is 30.7 Å². The van der Waals surface area contributed by atoms with Crippen molar-refractivity contribution in [3.8, 4) is 5.69 Å². The number of nitrogens with zero attached hydrogens (tertiary/aromatic N) is 5. The Labute approximate surface area is 183 Å². The van der Waals surface area contributed by atoms with Gasteiger partial charge in [-0.05, 0) is 36.2 Å². The van der Waals surface area contributed by atoms with E-state index in [0.717, 1.165) is 16.8 Å². The molecule has 0 spiro atoms. The van der Waals surface area contributed by atoms with Crippen molar-refractivity contribution in [1.29, 1.82) is 0 Å². The first-order valence-corrected chi connectivity index (χ1v) is 10.3. The lowest BCUT2D eigenvalue weighted by Gasteiger charge is -2.24. The number of aromatic nitrogens is 5. The van der Waals surface area contributed by atoms with Crippen molar-refractivity contribution in [3.63, 3.8) is 0 Å². The van der Waals surface area contributed by atoms with E-state index in [1.165, 1.54) is 12.1 Å². The lowest BCUT2D eigenvalue weighted by atomic mass is 10.0. The lowest BCUT2D eigenvalue weighted by Crippen LogP contribution is -2.38. The summed E-state index contributed by atoms with van der Waals surface area (Å²) >= 11 is 0. The number of ether oxygens (including phenoxy) is 1. The van der Waals surface area contributed by atoms with Crippen molar-refractivity contribution < 1.29 is 13.9 Å². The average Bonchev–Trinajstić information content (AvgIpc) is 3.52. The van der Waals surface area contributed by atoms with Crippen LogP contribution in [0.3, 0.4) is 0 Å². The molecule has 4 aromatic rings. The number of cyclic esters (lactones) is 1. The molecule has 1 aliphatic heterocycles. The van der Waals surface area contributed by atoms with Gasteiger partial charge in [0.1, 0.15) is 18.1 Å². The molecular formula is C22H22FN7O2. The summed E-state index contributed by atoms with van der Waals surface area (Å²) in [5.41, 5.74) is 2.19. The monoisotopic (exact) mass is 435 g/mol. The fraction of sp³-hybridized carbons (Fsp3) is 0.273. The first-order valence-electron chi connectivity index (χ1n) is 10.3. The number of H-pyrrole nitrogens is 1. The van der Waals surface area contributed by atoms with Gasteiger partial charge in [0.2, 0.25) is 5.95 Å². The van der Waals surface area contributed by atoms with Crippen molar-refractivity contribution >= 4 is 28.9 Å². The molecule has 1 fully saturated rings. The number of anilines is 2. The van der Waals surface area contributed by atoms with E-state index in [2.05, 4.69) is 25.3 Å². The van der Waals surface area contributed by atoms with Crippen LogP contribution >= 0.6 is 0 Å². The van der Waals surface area contributed by atoms with Crippen molar-refractivity contribution in [2.24, 2.45) is 5.92 Å². The van der Waals surface area contributed by atoms with E-state index in [0.29, 0.717) is 30.6 Å². The van der Waals surface area contributed by atoms with Crippen molar-refractivity contribution in [3.05, 3.63) is 60.6 Å². The third-order valence-electron chi connectivity index (χ3n) is 5.49. The molecule has 1 aliphatic rings. The number of carbonyl (C=O) groups excluding carboxylic acids is 1. The number of carbonyl (C=O) groups is 1. The van der Waals surface area contributed by atoms with Crippen LogP contribution in [0.25, 0.3) is 16.7 Å². The topological polar surface area (TPSA) is 101 Å². The van der Waals surface area contributed by atoms with Crippen LogP contribution in [0.5, 0.6) is 0 Å². The van der Waals surface area contributed by atoms with Gasteiger partial charge >= 0.3 is 6.09 Å². The minimum atomic E-state index is -0.408. The standard InChI is InChI=1S/C22H22FN7O2/c1-13(2)18-11-32-22(31)30(18)20-17-7-8-24-19(17)27-21(28-20)25-9-15-10-29(12-26-15)16-5-3-14(23)4-6-16/h3-8,10,12-13,18H,9,11H2,1-2H3,(H2,24,25,27,28). The SMILES string of the molecule is CC(C)C1COC(=O)N1c1nc(NCc2cn(-c3ccc(F)cc3)cn2)nc2[nH]ccc12. The van der Waals surface area contributed by atoms with Gasteiger partial charge in [-0.3, -0.25) is 4.90 Å². The van der Waals surface area contributed by atoms with E-state index < -0.39 is 6.09 Å². The van der Waals surface area contributed by atoms with Crippen LogP contribution in [-0.2, 0) is 11.3 Å². The average molecular weight is 435 g/mol. The van der Waals surface area contributed by atoms with Crippen LogP contribution in [0.4, 0.5) is 21.0 Å². The molecule has 32 heavy (non-hydrogen) atoms. The molecule has 1 amide bonds. The molecule has 0 radical (unpaired) electrons. The Kier molecular flexibility index (Phi) is 4.96. The quantitative estimate of drug-likeness (QED) is 0.477. The zero-order valence-electron chi connectivity index (χ0n) is 17.6. The van der Waals surface area contributed by atoms with E-state index in [-0.39, 0.29) is 17.8 Å². The Hall–Kier alpha value is -3.95. The molecule has 0 aliphatic carbocycles. The smallest absolute Gasteiger partial charge is 0.415 e. The molecule has 0 bridgehead atoms. The molecule has 164 valence electrons. The van der Waals surface area contributed by atoms with Gasteiger partial charge in [0.25, 0.3) is 0 Å². The Morgan fingerprint density at radius 1 is 1.25 bits per heavy atom. The number of hydrogen-bond donors (Lipinski definition) is 2. The number of imidazole rings is 1. The summed E-state index contributed by atoms with van der Waals surface area (Å²) in [5, 5.41) is 3.93. The van der Waals surface area contributed by atoms with E-state index in [4.69, 9.17) is 4.74 Å². The highest BCUT2D eigenvalue weighted by atomic mass is 19.1. The molecule has 9 nitrogen and oxygen atoms in total. The first-order chi connectivity index (χ1) is 15.5. The minimum Gasteiger partial charge on any atom is -0.447 e. The van der Waals surface area contributed by atoms with Gasteiger partial charge in [-0.15, -0.1) is 0 Å². The summed E-state index contributed by atoms with van der Waals surface area (Å²) < 4.78 is 20.3. The molecule has 3 aromatic heterocycles. The largest absolute Gasteiger partial charge is 0.447 e. The molecule has 1 unspecified atom stereocenters. The molecule has 4 heterocycles. The third-order valence-corrected chi connectivity index (χ3v) is 5.49. The maximum absolute atomic E-state index is 13.2. The van der Waals surface area contributed by atoms with Crippen molar-refractivity contribution in [2.45, 2.75) is 26.4 Å². The molecular weight excluding hydrogens is 413 g/mol. The van der Waals surface area contributed by atoms with Gasteiger partial charge in [-0.2, -0.15) is 9.97 Å². The Morgan fingerprint density at radius 3 is 2.84 bits per heavy atom. The summed E-state index contributed by atoms with van der Waals surface area (Å²) in [6, 6.07) is 7.92. The third kappa shape index (κ3) is 3.64.